The van der Waals surface area contributed by atoms with Crippen molar-refractivity contribution in [3.63, 3.8) is 0 Å². The van der Waals surface area contributed by atoms with Gasteiger partial charge in [-0.2, -0.15) is 0 Å². The summed E-state index contributed by atoms with van der Waals surface area (Å²) in [7, 11) is 0. The number of benzene rings is 9. The maximum atomic E-state index is 6.58. The Balaban J connectivity index is 1.13. The highest BCUT2D eigenvalue weighted by molar-refractivity contribution is 6.29. The minimum absolute atomic E-state index is 0.624. The molecule has 0 aliphatic heterocycles. The van der Waals surface area contributed by atoms with Gasteiger partial charge in [-0.05, 0) is 93.3 Å². The van der Waals surface area contributed by atoms with Crippen LogP contribution in [0.2, 0.25) is 0 Å². The fraction of sp³-hybridized carbons (Fsp3) is 0. The first-order chi connectivity index (χ1) is 26.3. The van der Waals surface area contributed by atoms with E-state index in [1.807, 2.05) is 42.5 Å². The van der Waals surface area contributed by atoms with Crippen LogP contribution in [-0.2, 0) is 0 Å². The van der Waals surface area contributed by atoms with Gasteiger partial charge in [0.05, 0.1) is 0 Å². The summed E-state index contributed by atoms with van der Waals surface area (Å²) >= 11 is 0. The highest BCUT2D eigenvalue weighted by Gasteiger charge is 2.20. The summed E-state index contributed by atoms with van der Waals surface area (Å²) in [6.45, 7) is 0. The predicted molar refractivity (Wildman–Crippen MR) is 219 cm³/mol. The number of fused-ring (bicyclic) bond motifs is 11. The van der Waals surface area contributed by atoms with Gasteiger partial charge in [0, 0.05) is 44.2 Å². The lowest BCUT2D eigenvalue weighted by atomic mass is 9.95. The van der Waals surface area contributed by atoms with E-state index in [1.165, 1.54) is 11.1 Å². The lowest BCUT2D eigenvalue weighted by Gasteiger charge is -2.26. The van der Waals surface area contributed by atoms with Crippen molar-refractivity contribution in [2.75, 3.05) is 4.90 Å². The molecule has 248 valence electrons. The normalized spacial score (nSPS) is 11.8. The van der Waals surface area contributed by atoms with E-state index >= 15 is 0 Å². The van der Waals surface area contributed by atoms with Crippen molar-refractivity contribution in [1.29, 1.82) is 0 Å². The van der Waals surface area contributed by atoms with Gasteiger partial charge < -0.3 is 13.7 Å². The van der Waals surface area contributed by atoms with E-state index in [0.717, 1.165) is 88.0 Å². The number of furan rings is 1. The van der Waals surface area contributed by atoms with Crippen molar-refractivity contribution < 1.29 is 8.83 Å². The van der Waals surface area contributed by atoms with Gasteiger partial charge in [0.1, 0.15) is 16.7 Å². The number of para-hydroxylation sites is 1. The van der Waals surface area contributed by atoms with Crippen molar-refractivity contribution in [3.8, 4) is 22.6 Å². The van der Waals surface area contributed by atoms with Crippen LogP contribution in [0.25, 0.3) is 87.9 Å². The molecule has 0 unspecified atom stereocenters. The van der Waals surface area contributed by atoms with Crippen molar-refractivity contribution in [2.45, 2.75) is 0 Å². The Labute approximate surface area is 304 Å². The second-order valence-corrected chi connectivity index (χ2v) is 13.5. The fourth-order valence-corrected chi connectivity index (χ4v) is 7.96. The molecule has 0 aliphatic carbocycles. The summed E-state index contributed by atoms with van der Waals surface area (Å²) < 4.78 is 12.8. The average molecular weight is 679 g/mol. The number of nitrogens with zero attached hydrogens (tertiary/aromatic N) is 2. The molecule has 9 aromatic carbocycles. The number of anilines is 3. The van der Waals surface area contributed by atoms with Crippen LogP contribution in [0.15, 0.2) is 191 Å². The van der Waals surface area contributed by atoms with Crippen LogP contribution in [0.4, 0.5) is 17.1 Å². The minimum atomic E-state index is 0.624. The molecule has 4 heteroatoms. The van der Waals surface area contributed by atoms with E-state index in [4.69, 9.17) is 13.8 Å². The van der Waals surface area contributed by atoms with Crippen molar-refractivity contribution in [3.05, 3.63) is 182 Å². The van der Waals surface area contributed by atoms with Crippen LogP contribution in [-0.4, -0.2) is 4.98 Å². The lowest BCUT2D eigenvalue weighted by Crippen LogP contribution is -2.09. The second-order valence-electron chi connectivity index (χ2n) is 13.5. The van der Waals surface area contributed by atoms with Gasteiger partial charge in [0.2, 0.25) is 5.89 Å². The first-order valence-electron chi connectivity index (χ1n) is 17.9. The quantitative estimate of drug-likeness (QED) is 0.170. The molecular weight excluding hydrogens is 649 g/mol. The topological polar surface area (TPSA) is 42.4 Å². The predicted octanol–water partition coefficient (Wildman–Crippen LogP) is 14.0. The Morgan fingerprint density at radius 2 is 0.981 bits per heavy atom. The smallest absolute Gasteiger partial charge is 0.227 e. The Morgan fingerprint density at radius 1 is 0.377 bits per heavy atom. The summed E-state index contributed by atoms with van der Waals surface area (Å²) in [6.07, 6.45) is 0. The van der Waals surface area contributed by atoms with Gasteiger partial charge in [-0.15, -0.1) is 0 Å². The molecule has 0 atom stereocenters. The van der Waals surface area contributed by atoms with Crippen LogP contribution in [0.3, 0.4) is 0 Å². The maximum absolute atomic E-state index is 6.58. The zero-order chi connectivity index (χ0) is 34.9. The second kappa shape index (κ2) is 11.7. The van der Waals surface area contributed by atoms with E-state index in [0.29, 0.717) is 5.89 Å². The highest BCUT2D eigenvalue weighted by Crippen LogP contribution is 2.44. The molecule has 0 amide bonds. The number of aromatic nitrogens is 1. The summed E-state index contributed by atoms with van der Waals surface area (Å²) in [5, 5.41) is 8.91. The molecule has 0 N–H and O–H groups in total. The monoisotopic (exact) mass is 678 g/mol. The Bertz CT molecular complexity index is 3160. The van der Waals surface area contributed by atoms with E-state index in [2.05, 4.69) is 144 Å². The van der Waals surface area contributed by atoms with Crippen LogP contribution < -0.4 is 4.90 Å². The molecule has 0 saturated carbocycles. The zero-order valence-electron chi connectivity index (χ0n) is 28.5. The lowest BCUT2D eigenvalue weighted by molar-refractivity contribution is 0.623. The van der Waals surface area contributed by atoms with Crippen LogP contribution in [0.1, 0.15) is 0 Å². The van der Waals surface area contributed by atoms with Crippen molar-refractivity contribution >= 4 is 82.4 Å². The fourth-order valence-electron chi connectivity index (χ4n) is 7.96. The van der Waals surface area contributed by atoms with Crippen LogP contribution >= 0.6 is 0 Å². The molecule has 0 radical (unpaired) electrons. The third kappa shape index (κ3) is 4.73. The summed E-state index contributed by atoms with van der Waals surface area (Å²) in [5.74, 6) is 0.624. The van der Waals surface area contributed by atoms with E-state index in [9.17, 15) is 0 Å². The molecule has 2 aromatic heterocycles. The number of rotatable bonds is 5. The van der Waals surface area contributed by atoms with Crippen LogP contribution in [0.5, 0.6) is 0 Å². The highest BCUT2D eigenvalue weighted by atomic mass is 16.3. The maximum Gasteiger partial charge on any atom is 0.227 e. The molecule has 2 heterocycles. The molecule has 11 rings (SSSR count). The molecule has 0 bridgehead atoms. The van der Waals surface area contributed by atoms with Gasteiger partial charge in [0.15, 0.2) is 5.58 Å². The molecular formula is C49H30N2O2. The summed E-state index contributed by atoms with van der Waals surface area (Å²) in [5.41, 5.74) is 9.94. The Kier molecular flexibility index (Phi) is 6.52. The van der Waals surface area contributed by atoms with E-state index in [1.54, 1.807) is 0 Å². The third-order valence-corrected chi connectivity index (χ3v) is 10.5. The van der Waals surface area contributed by atoms with Gasteiger partial charge in [-0.1, -0.05) is 121 Å². The van der Waals surface area contributed by atoms with Gasteiger partial charge in [0.25, 0.3) is 0 Å². The van der Waals surface area contributed by atoms with Gasteiger partial charge >= 0.3 is 0 Å². The Morgan fingerprint density at radius 3 is 1.79 bits per heavy atom. The molecule has 4 nitrogen and oxygen atoms in total. The molecule has 0 fully saturated rings. The Hall–Kier alpha value is -7.17. The molecule has 0 spiro atoms. The standard InChI is InChI=1S/C49H30N2O2/c1-3-11-31(12-4-1)32-19-22-35(23-20-32)51(37-25-28-45-43(30-37)40-16-9-10-18-44(40)52-45)36-24-27-38-34(29-36)21-26-41-39-15-7-8-17-42(39)48-47(46(38)41)50-49(53-48)33-13-5-2-6-14-33/h1-30H. The number of hydrogen-bond acceptors (Lipinski definition) is 4. The van der Waals surface area contributed by atoms with Gasteiger partial charge in [-0.25, -0.2) is 4.98 Å². The summed E-state index contributed by atoms with van der Waals surface area (Å²) in [6, 6.07) is 63.9. The van der Waals surface area contributed by atoms with Gasteiger partial charge in [-0.3, -0.25) is 0 Å². The summed E-state index contributed by atoms with van der Waals surface area (Å²) in [4.78, 5) is 7.49. The van der Waals surface area contributed by atoms with E-state index in [-0.39, 0.29) is 0 Å². The number of oxazole rings is 1. The first kappa shape index (κ1) is 29.5. The van der Waals surface area contributed by atoms with Crippen molar-refractivity contribution in [1.82, 2.24) is 4.98 Å². The largest absolute Gasteiger partial charge is 0.456 e. The molecule has 0 saturated heterocycles. The first-order valence-corrected chi connectivity index (χ1v) is 17.9. The van der Waals surface area contributed by atoms with E-state index < -0.39 is 0 Å². The SMILES string of the molecule is c1ccc(-c2ccc(N(c3ccc4c(ccc5c6ccccc6c6oc(-c7ccccc7)nc6c45)c3)c3ccc4oc5ccccc5c4c3)cc2)cc1. The number of hydrogen-bond donors (Lipinski definition) is 0. The van der Waals surface area contributed by atoms with Crippen molar-refractivity contribution in [2.24, 2.45) is 0 Å². The molecule has 0 aliphatic rings. The molecule has 11 aromatic rings. The minimum Gasteiger partial charge on any atom is -0.456 e. The average Bonchev–Trinajstić information content (AvgIpc) is 3.84. The third-order valence-electron chi connectivity index (χ3n) is 10.5. The zero-order valence-corrected chi connectivity index (χ0v) is 28.5. The van der Waals surface area contributed by atoms with Crippen LogP contribution in [0, 0.1) is 0 Å². The molecule has 53 heavy (non-hydrogen) atoms.